The maximum Gasteiger partial charge on any atom is 0.152 e. The molecule has 0 spiro atoms. The van der Waals surface area contributed by atoms with Gasteiger partial charge in [0.05, 0.1) is 5.69 Å². The van der Waals surface area contributed by atoms with Crippen molar-refractivity contribution in [2.75, 3.05) is 0 Å². The monoisotopic (exact) mass is 197 g/mol. The first kappa shape index (κ1) is 8.48. The Bertz CT molecular complexity index is 552. The summed E-state index contributed by atoms with van der Waals surface area (Å²) in [6, 6.07) is 10.2. The van der Waals surface area contributed by atoms with E-state index in [4.69, 9.17) is 0 Å². The normalized spacial score (nSPS) is 12.3. The van der Waals surface area contributed by atoms with E-state index in [1.165, 1.54) is 11.1 Å². The Morgan fingerprint density at radius 1 is 1.33 bits per heavy atom. The highest BCUT2D eigenvalue weighted by Gasteiger charge is 2.22. The highest BCUT2D eigenvalue weighted by molar-refractivity contribution is 5.89. The Morgan fingerprint density at radius 2 is 2.13 bits per heavy atom. The van der Waals surface area contributed by atoms with Crippen molar-refractivity contribution in [2.24, 2.45) is 0 Å². The zero-order valence-corrected chi connectivity index (χ0v) is 8.53. The van der Waals surface area contributed by atoms with Crippen molar-refractivity contribution in [1.82, 2.24) is 4.57 Å². The highest BCUT2D eigenvalue weighted by Crippen LogP contribution is 2.35. The van der Waals surface area contributed by atoms with Crippen LogP contribution in [0.1, 0.15) is 21.6 Å². The predicted octanol–water partition coefficient (Wildman–Crippen LogP) is 2.64. The van der Waals surface area contributed by atoms with Gasteiger partial charge in [-0.25, -0.2) is 0 Å². The number of benzene rings is 1. The molecule has 1 aromatic carbocycles. The number of nitrogens with zero attached hydrogens (tertiary/aromatic N) is 1. The lowest BCUT2D eigenvalue weighted by molar-refractivity contribution is 0.112. The van der Waals surface area contributed by atoms with Crippen LogP contribution in [0.2, 0.25) is 0 Å². The van der Waals surface area contributed by atoms with Gasteiger partial charge in [-0.1, -0.05) is 24.3 Å². The second-order valence-electron chi connectivity index (χ2n) is 3.95. The molecule has 0 bridgehead atoms. The van der Waals surface area contributed by atoms with Crippen LogP contribution in [0.4, 0.5) is 0 Å². The van der Waals surface area contributed by atoms with Crippen LogP contribution in [0, 0.1) is 6.92 Å². The molecule has 1 aliphatic rings. The molecule has 74 valence electrons. The van der Waals surface area contributed by atoms with Crippen LogP contribution >= 0.6 is 0 Å². The van der Waals surface area contributed by atoms with Crippen molar-refractivity contribution in [1.29, 1.82) is 0 Å². The molecular weight excluding hydrogens is 186 g/mol. The van der Waals surface area contributed by atoms with Gasteiger partial charge >= 0.3 is 0 Å². The second-order valence-corrected chi connectivity index (χ2v) is 3.95. The third-order valence-corrected chi connectivity index (χ3v) is 3.06. The molecule has 0 radical (unpaired) electrons. The molecule has 2 aromatic rings. The van der Waals surface area contributed by atoms with Gasteiger partial charge in [-0.3, -0.25) is 4.79 Å². The Hall–Kier alpha value is -1.83. The van der Waals surface area contributed by atoms with E-state index >= 15 is 0 Å². The third kappa shape index (κ3) is 1.02. The van der Waals surface area contributed by atoms with E-state index in [0.29, 0.717) is 0 Å². The van der Waals surface area contributed by atoms with Crippen LogP contribution in [-0.4, -0.2) is 10.9 Å². The van der Waals surface area contributed by atoms with Crippen LogP contribution in [0.3, 0.4) is 0 Å². The zero-order chi connectivity index (χ0) is 10.4. The van der Waals surface area contributed by atoms with E-state index in [-0.39, 0.29) is 0 Å². The lowest BCUT2D eigenvalue weighted by Gasteiger charge is -1.99. The maximum atomic E-state index is 11.0. The molecule has 2 heteroatoms. The van der Waals surface area contributed by atoms with Crippen molar-refractivity contribution in [3.05, 3.63) is 47.2 Å². The molecule has 0 fully saturated rings. The summed E-state index contributed by atoms with van der Waals surface area (Å²) in [6.07, 6.45) is 0.945. The summed E-state index contributed by atoms with van der Waals surface area (Å²) in [7, 11) is 0. The van der Waals surface area contributed by atoms with E-state index < -0.39 is 0 Å². The fraction of sp³-hybridized carbons (Fsp3) is 0.154. The lowest BCUT2D eigenvalue weighted by Crippen LogP contribution is -1.94. The molecule has 0 atom stereocenters. The molecule has 1 aromatic heterocycles. The Balaban J connectivity index is 2.35. The maximum absolute atomic E-state index is 11.0. The Morgan fingerprint density at radius 3 is 2.93 bits per heavy atom. The van der Waals surface area contributed by atoms with Gasteiger partial charge in [0.2, 0.25) is 0 Å². The number of aromatic nitrogens is 1. The van der Waals surface area contributed by atoms with Crippen LogP contribution in [-0.2, 0) is 6.54 Å². The standard InChI is InChI=1S/C13H11NO/c1-9-6-11(8-15)13-12-5-3-2-4-10(12)7-14(9)13/h2-6,8H,7H2,1H3. The molecule has 0 saturated carbocycles. The first-order valence-electron chi connectivity index (χ1n) is 5.05. The highest BCUT2D eigenvalue weighted by atomic mass is 16.1. The van der Waals surface area contributed by atoms with Gasteiger partial charge in [0.1, 0.15) is 0 Å². The minimum atomic E-state index is 0.803. The van der Waals surface area contributed by atoms with Gasteiger partial charge in [-0.15, -0.1) is 0 Å². The molecule has 2 nitrogen and oxygen atoms in total. The number of carbonyl (C=O) groups is 1. The summed E-state index contributed by atoms with van der Waals surface area (Å²) in [5, 5.41) is 0. The van der Waals surface area contributed by atoms with Gasteiger partial charge in [0.15, 0.2) is 6.29 Å². The van der Waals surface area contributed by atoms with Crippen LogP contribution in [0.25, 0.3) is 11.3 Å². The number of aldehydes is 1. The zero-order valence-electron chi connectivity index (χ0n) is 8.53. The molecule has 3 rings (SSSR count). The number of fused-ring (bicyclic) bond motifs is 3. The first-order valence-corrected chi connectivity index (χ1v) is 5.05. The molecule has 0 unspecified atom stereocenters. The second kappa shape index (κ2) is 2.83. The number of rotatable bonds is 1. The van der Waals surface area contributed by atoms with E-state index in [9.17, 15) is 4.79 Å². The fourth-order valence-electron chi connectivity index (χ4n) is 2.36. The van der Waals surface area contributed by atoms with Crippen molar-refractivity contribution >= 4 is 6.29 Å². The van der Waals surface area contributed by atoms with E-state index in [0.717, 1.165) is 29.8 Å². The topological polar surface area (TPSA) is 22.0 Å². The van der Waals surface area contributed by atoms with Gasteiger partial charge in [-0.05, 0) is 18.6 Å². The van der Waals surface area contributed by atoms with Gasteiger partial charge in [-0.2, -0.15) is 0 Å². The average Bonchev–Trinajstić information content (AvgIpc) is 2.77. The Labute approximate surface area is 88.2 Å². The summed E-state index contributed by atoms with van der Waals surface area (Å²) < 4.78 is 2.20. The van der Waals surface area contributed by atoms with Gasteiger partial charge in [0.25, 0.3) is 0 Å². The SMILES string of the molecule is Cc1cc(C=O)c2n1Cc1ccccc1-2. The van der Waals surface area contributed by atoms with E-state index in [2.05, 4.69) is 16.7 Å². The molecule has 0 N–H and O–H groups in total. The summed E-state index contributed by atoms with van der Waals surface area (Å²) in [5.41, 5.74) is 5.55. The molecule has 15 heavy (non-hydrogen) atoms. The van der Waals surface area contributed by atoms with Crippen molar-refractivity contribution < 1.29 is 4.79 Å². The lowest BCUT2D eigenvalue weighted by atomic mass is 10.1. The minimum absolute atomic E-state index is 0.803. The van der Waals surface area contributed by atoms with E-state index in [1.54, 1.807) is 0 Å². The number of hydrogen-bond acceptors (Lipinski definition) is 1. The van der Waals surface area contributed by atoms with Crippen molar-refractivity contribution in [3.63, 3.8) is 0 Å². The van der Waals surface area contributed by atoms with Crippen LogP contribution < -0.4 is 0 Å². The van der Waals surface area contributed by atoms with Crippen LogP contribution in [0.5, 0.6) is 0 Å². The van der Waals surface area contributed by atoms with Crippen molar-refractivity contribution in [2.45, 2.75) is 13.5 Å². The third-order valence-electron chi connectivity index (χ3n) is 3.06. The average molecular weight is 197 g/mol. The largest absolute Gasteiger partial charge is 0.340 e. The number of aryl methyl sites for hydroxylation is 1. The van der Waals surface area contributed by atoms with Gasteiger partial charge in [0, 0.05) is 23.4 Å². The van der Waals surface area contributed by atoms with Gasteiger partial charge < -0.3 is 4.57 Å². The molecule has 2 heterocycles. The summed E-state index contributed by atoms with van der Waals surface area (Å²) in [4.78, 5) is 11.0. The van der Waals surface area contributed by atoms with Crippen molar-refractivity contribution in [3.8, 4) is 11.3 Å². The minimum Gasteiger partial charge on any atom is -0.340 e. The molecular formula is C13H11NO. The van der Waals surface area contributed by atoms with E-state index in [1.807, 2.05) is 25.1 Å². The molecule has 0 saturated heterocycles. The number of carbonyl (C=O) groups excluding carboxylic acids is 1. The molecule has 1 aliphatic heterocycles. The molecule has 0 aliphatic carbocycles. The first-order chi connectivity index (χ1) is 7.31. The van der Waals surface area contributed by atoms with Crippen LogP contribution in [0.15, 0.2) is 30.3 Å². The smallest absolute Gasteiger partial charge is 0.152 e. The molecule has 0 amide bonds. The predicted molar refractivity (Wildman–Crippen MR) is 59.1 cm³/mol. The summed E-state index contributed by atoms with van der Waals surface area (Å²) in [5.74, 6) is 0. The quantitative estimate of drug-likeness (QED) is 0.550. The summed E-state index contributed by atoms with van der Waals surface area (Å²) in [6.45, 7) is 2.94. The fourth-order valence-corrected chi connectivity index (χ4v) is 2.36. The number of hydrogen-bond donors (Lipinski definition) is 0. The summed E-state index contributed by atoms with van der Waals surface area (Å²) >= 11 is 0. The Kier molecular flexibility index (Phi) is 1.60.